The molecule has 102 valence electrons. The van der Waals surface area contributed by atoms with E-state index in [4.69, 9.17) is 4.74 Å². The third-order valence-corrected chi connectivity index (χ3v) is 5.31. The number of thiophene rings is 1. The topological polar surface area (TPSA) is 29.5 Å². The van der Waals surface area contributed by atoms with E-state index < -0.39 is 0 Å². The molecule has 0 saturated carbocycles. The summed E-state index contributed by atoms with van der Waals surface area (Å²) < 4.78 is 5.68. The van der Waals surface area contributed by atoms with Crippen molar-refractivity contribution in [3.8, 4) is 0 Å². The molecular weight excluding hydrogens is 244 g/mol. The molecule has 1 aliphatic rings. The molecule has 1 aromatic rings. The number of hydrogen-bond acceptors (Lipinski definition) is 3. The van der Waals surface area contributed by atoms with E-state index in [2.05, 4.69) is 39.8 Å². The van der Waals surface area contributed by atoms with E-state index in [0.717, 1.165) is 24.3 Å². The lowest BCUT2D eigenvalue weighted by atomic mass is 9.92. The van der Waals surface area contributed by atoms with Gasteiger partial charge in [0.1, 0.15) is 0 Å². The standard InChI is InChI=1S/C15H24O2S/c1-5-11-10(8-9-17-11)14(16)12-6-7-13(18-12)15(2,3)4/h6-7,10-11,14,16H,5,8-9H2,1-4H3. The SMILES string of the molecule is CCC1OCCC1C(O)c1ccc(C(C)(C)C)s1. The second kappa shape index (κ2) is 5.32. The Balaban J connectivity index is 2.14. The van der Waals surface area contributed by atoms with Crippen LogP contribution in [0, 0.1) is 5.92 Å². The van der Waals surface area contributed by atoms with Crippen molar-refractivity contribution in [3.63, 3.8) is 0 Å². The van der Waals surface area contributed by atoms with Crippen LogP contribution in [-0.4, -0.2) is 17.8 Å². The zero-order valence-corrected chi connectivity index (χ0v) is 12.6. The minimum Gasteiger partial charge on any atom is -0.387 e. The quantitative estimate of drug-likeness (QED) is 0.901. The monoisotopic (exact) mass is 268 g/mol. The van der Waals surface area contributed by atoms with Crippen LogP contribution >= 0.6 is 11.3 Å². The third kappa shape index (κ3) is 2.79. The van der Waals surface area contributed by atoms with Gasteiger partial charge in [0, 0.05) is 22.3 Å². The molecule has 1 aromatic heterocycles. The Hall–Kier alpha value is -0.380. The molecule has 0 amide bonds. The van der Waals surface area contributed by atoms with E-state index in [0.29, 0.717) is 0 Å². The summed E-state index contributed by atoms with van der Waals surface area (Å²) in [7, 11) is 0. The Kier molecular flexibility index (Phi) is 4.15. The van der Waals surface area contributed by atoms with E-state index in [-0.39, 0.29) is 23.5 Å². The summed E-state index contributed by atoms with van der Waals surface area (Å²) in [5.74, 6) is 0.265. The molecule has 0 spiro atoms. The summed E-state index contributed by atoms with van der Waals surface area (Å²) in [5.41, 5.74) is 0.166. The lowest BCUT2D eigenvalue weighted by Crippen LogP contribution is -2.21. The zero-order valence-electron chi connectivity index (χ0n) is 11.8. The van der Waals surface area contributed by atoms with Crippen molar-refractivity contribution in [1.82, 2.24) is 0 Å². The molecule has 3 unspecified atom stereocenters. The number of ether oxygens (including phenoxy) is 1. The molecule has 3 heteroatoms. The van der Waals surface area contributed by atoms with Gasteiger partial charge in [0.15, 0.2) is 0 Å². The van der Waals surface area contributed by atoms with E-state index in [9.17, 15) is 5.11 Å². The average Bonchev–Trinajstić information content (AvgIpc) is 2.96. The summed E-state index contributed by atoms with van der Waals surface area (Å²) in [5, 5.41) is 10.5. The second-order valence-corrected chi connectivity index (χ2v) is 7.28. The van der Waals surface area contributed by atoms with Gasteiger partial charge in [-0.15, -0.1) is 11.3 Å². The van der Waals surface area contributed by atoms with Gasteiger partial charge in [-0.2, -0.15) is 0 Å². The maximum Gasteiger partial charge on any atom is 0.0935 e. The van der Waals surface area contributed by atoms with Crippen LogP contribution in [0.2, 0.25) is 0 Å². The Bertz CT molecular complexity index is 391. The smallest absolute Gasteiger partial charge is 0.0935 e. The molecule has 0 bridgehead atoms. The Morgan fingerprint density at radius 3 is 2.72 bits per heavy atom. The Morgan fingerprint density at radius 1 is 1.44 bits per heavy atom. The molecule has 0 aliphatic carbocycles. The van der Waals surface area contributed by atoms with Crippen LogP contribution in [0.1, 0.15) is 56.4 Å². The molecule has 0 aromatic carbocycles. The molecular formula is C15H24O2S. The first-order valence-corrected chi connectivity index (χ1v) is 7.65. The third-order valence-electron chi connectivity index (χ3n) is 3.73. The minimum absolute atomic E-state index is 0.166. The lowest BCUT2D eigenvalue weighted by molar-refractivity contribution is 0.0322. The van der Waals surface area contributed by atoms with Crippen LogP contribution in [0.15, 0.2) is 12.1 Å². The largest absolute Gasteiger partial charge is 0.387 e. The van der Waals surface area contributed by atoms with E-state index in [1.54, 1.807) is 11.3 Å². The van der Waals surface area contributed by atoms with Crippen molar-refractivity contribution < 1.29 is 9.84 Å². The number of aliphatic hydroxyl groups is 1. The molecule has 2 heterocycles. The number of aliphatic hydroxyl groups excluding tert-OH is 1. The molecule has 1 saturated heterocycles. The molecule has 0 radical (unpaired) electrons. The van der Waals surface area contributed by atoms with E-state index in [1.807, 2.05) is 0 Å². The van der Waals surface area contributed by atoms with Gasteiger partial charge >= 0.3 is 0 Å². The first kappa shape index (κ1) is 14.0. The number of hydrogen-bond donors (Lipinski definition) is 1. The van der Waals surface area contributed by atoms with Crippen molar-refractivity contribution in [2.45, 2.75) is 58.2 Å². The van der Waals surface area contributed by atoms with Gasteiger partial charge in [-0.1, -0.05) is 27.7 Å². The number of rotatable bonds is 3. The van der Waals surface area contributed by atoms with Crippen LogP contribution in [0.25, 0.3) is 0 Å². The van der Waals surface area contributed by atoms with Gasteiger partial charge in [0.25, 0.3) is 0 Å². The predicted molar refractivity (Wildman–Crippen MR) is 76.1 cm³/mol. The summed E-state index contributed by atoms with van der Waals surface area (Å²) >= 11 is 1.74. The van der Waals surface area contributed by atoms with E-state index in [1.165, 1.54) is 4.88 Å². The average molecular weight is 268 g/mol. The fourth-order valence-corrected chi connectivity index (χ4v) is 3.70. The van der Waals surface area contributed by atoms with Crippen LogP contribution < -0.4 is 0 Å². The first-order valence-electron chi connectivity index (χ1n) is 6.83. The molecule has 1 aliphatic heterocycles. The fraction of sp³-hybridized carbons (Fsp3) is 0.733. The van der Waals surface area contributed by atoms with Crippen LogP contribution in [0.5, 0.6) is 0 Å². The highest BCUT2D eigenvalue weighted by molar-refractivity contribution is 7.12. The predicted octanol–water partition coefficient (Wildman–Crippen LogP) is 3.89. The highest BCUT2D eigenvalue weighted by atomic mass is 32.1. The van der Waals surface area contributed by atoms with Crippen molar-refractivity contribution in [3.05, 3.63) is 21.9 Å². The summed E-state index contributed by atoms with van der Waals surface area (Å²) in [4.78, 5) is 2.43. The van der Waals surface area contributed by atoms with Gasteiger partial charge in [0.2, 0.25) is 0 Å². The molecule has 3 atom stereocenters. The van der Waals surface area contributed by atoms with Crippen LogP contribution in [-0.2, 0) is 10.2 Å². The Labute approximate surface area is 114 Å². The minimum atomic E-state index is -0.362. The summed E-state index contributed by atoms with van der Waals surface area (Å²) in [6, 6.07) is 4.24. The normalized spacial score (nSPS) is 26.5. The van der Waals surface area contributed by atoms with Gasteiger partial charge in [-0.05, 0) is 30.4 Å². The summed E-state index contributed by atoms with van der Waals surface area (Å²) in [6.07, 6.45) is 1.82. The maximum absolute atomic E-state index is 10.5. The molecule has 1 fully saturated rings. The molecule has 2 rings (SSSR count). The highest BCUT2D eigenvalue weighted by Crippen LogP contribution is 2.39. The molecule has 1 N–H and O–H groups in total. The molecule has 18 heavy (non-hydrogen) atoms. The van der Waals surface area contributed by atoms with Crippen molar-refractivity contribution in [1.29, 1.82) is 0 Å². The van der Waals surface area contributed by atoms with Crippen LogP contribution in [0.3, 0.4) is 0 Å². The van der Waals surface area contributed by atoms with Gasteiger partial charge < -0.3 is 9.84 Å². The highest BCUT2D eigenvalue weighted by Gasteiger charge is 2.34. The van der Waals surface area contributed by atoms with Crippen molar-refractivity contribution >= 4 is 11.3 Å². The Morgan fingerprint density at radius 2 is 2.17 bits per heavy atom. The van der Waals surface area contributed by atoms with Gasteiger partial charge in [-0.3, -0.25) is 0 Å². The van der Waals surface area contributed by atoms with Gasteiger partial charge in [0.05, 0.1) is 12.2 Å². The second-order valence-electron chi connectivity index (χ2n) is 6.17. The maximum atomic E-state index is 10.5. The lowest BCUT2D eigenvalue weighted by Gasteiger charge is -2.22. The molecule has 2 nitrogen and oxygen atoms in total. The van der Waals surface area contributed by atoms with Crippen molar-refractivity contribution in [2.75, 3.05) is 6.61 Å². The van der Waals surface area contributed by atoms with Crippen LogP contribution in [0.4, 0.5) is 0 Å². The van der Waals surface area contributed by atoms with E-state index >= 15 is 0 Å². The summed E-state index contributed by atoms with van der Waals surface area (Å²) in [6.45, 7) is 9.55. The van der Waals surface area contributed by atoms with Gasteiger partial charge in [-0.25, -0.2) is 0 Å². The zero-order chi connectivity index (χ0) is 13.3. The first-order chi connectivity index (χ1) is 8.43. The van der Waals surface area contributed by atoms with Crippen molar-refractivity contribution in [2.24, 2.45) is 5.92 Å². The fourth-order valence-electron chi connectivity index (χ4n) is 2.57.